The first-order valence-electron chi connectivity index (χ1n) is 10.6. The van der Waals surface area contributed by atoms with Gasteiger partial charge in [0.15, 0.2) is 11.7 Å². The van der Waals surface area contributed by atoms with Crippen molar-refractivity contribution in [2.45, 2.75) is 12.5 Å². The van der Waals surface area contributed by atoms with Crippen molar-refractivity contribution >= 4 is 29.0 Å². The summed E-state index contributed by atoms with van der Waals surface area (Å²) in [7, 11) is 0. The number of carbonyl (C=O) groups excluding carboxylic acids is 3. The predicted octanol–water partition coefficient (Wildman–Crippen LogP) is -0.967. The number of piperazine rings is 1. The van der Waals surface area contributed by atoms with Gasteiger partial charge in [0.1, 0.15) is 0 Å². The first-order valence-corrected chi connectivity index (χ1v) is 10.6. The Balaban J connectivity index is 1.36. The number of β-amino-alcohol motifs (C(OH)–C–C–N with tert-alkyl or cyclic N) is 1. The molecule has 3 fully saturated rings. The maximum Gasteiger partial charge on any atom is 0.244 e. The summed E-state index contributed by atoms with van der Waals surface area (Å²) in [5, 5.41) is 17.8. The number of fused-ring (bicyclic) bond motifs is 1. The Kier molecular flexibility index (Phi) is 6.31. The zero-order valence-electron chi connectivity index (χ0n) is 17.0. The molecule has 1 aromatic rings. The molecule has 0 aliphatic carbocycles. The fourth-order valence-corrected chi connectivity index (χ4v) is 4.53. The highest BCUT2D eigenvalue weighted by Gasteiger charge is 2.47. The zero-order chi connectivity index (χ0) is 21.1. The number of hydrogen-bond donors (Lipinski definition) is 4. The minimum atomic E-state index is -1.30. The number of amides is 2. The van der Waals surface area contributed by atoms with E-state index in [-0.39, 0.29) is 24.3 Å². The lowest BCUT2D eigenvalue weighted by Crippen LogP contribution is -2.62. The third kappa shape index (κ3) is 4.33. The van der Waals surface area contributed by atoms with Gasteiger partial charge in [-0.2, -0.15) is 0 Å². The van der Waals surface area contributed by atoms with Crippen molar-refractivity contribution in [3.8, 4) is 0 Å². The van der Waals surface area contributed by atoms with E-state index in [0.717, 1.165) is 38.4 Å². The fraction of sp³-hybridized carbons (Fsp3) is 0.571. The van der Waals surface area contributed by atoms with E-state index in [9.17, 15) is 14.4 Å². The average molecular weight is 415 g/mol. The van der Waals surface area contributed by atoms with Crippen LogP contribution in [0.15, 0.2) is 24.3 Å². The maximum atomic E-state index is 12.7. The lowest BCUT2D eigenvalue weighted by molar-refractivity contribution is -0.146. The molecule has 0 radical (unpaired) electrons. The van der Waals surface area contributed by atoms with Crippen LogP contribution in [0.25, 0.3) is 0 Å². The normalized spacial score (nSPS) is 27.4. The van der Waals surface area contributed by atoms with Crippen LogP contribution in [0.4, 0.5) is 11.4 Å². The van der Waals surface area contributed by atoms with E-state index in [1.54, 1.807) is 12.1 Å². The van der Waals surface area contributed by atoms with Gasteiger partial charge >= 0.3 is 0 Å². The van der Waals surface area contributed by atoms with Crippen LogP contribution >= 0.6 is 0 Å². The van der Waals surface area contributed by atoms with E-state index in [0.29, 0.717) is 25.2 Å². The molecule has 162 valence electrons. The SMILES string of the molecule is O=C(Nc1ccc(N2CCN(CCO)CC2)cc1)C1C(=O)NC2CCNCC2C1=O. The fourth-order valence-electron chi connectivity index (χ4n) is 4.53. The quantitative estimate of drug-likeness (QED) is 0.458. The van der Waals surface area contributed by atoms with Crippen LogP contribution in [-0.2, 0) is 14.4 Å². The van der Waals surface area contributed by atoms with Gasteiger partial charge in [-0.15, -0.1) is 0 Å². The van der Waals surface area contributed by atoms with Gasteiger partial charge in [-0.05, 0) is 37.2 Å². The molecule has 0 bridgehead atoms. The number of benzene rings is 1. The first kappa shape index (κ1) is 20.8. The highest BCUT2D eigenvalue weighted by Crippen LogP contribution is 2.25. The van der Waals surface area contributed by atoms with Gasteiger partial charge in [-0.3, -0.25) is 19.3 Å². The van der Waals surface area contributed by atoms with Gasteiger partial charge in [0.05, 0.1) is 12.5 Å². The molecule has 0 aromatic heterocycles. The Morgan fingerprint density at radius 3 is 2.57 bits per heavy atom. The van der Waals surface area contributed by atoms with Crippen molar-refractivity contribution in [3.05, 3.63) is 24.3 Å². The van der Waals surface area contributed by atoms with E-state index in [1.807, 2.05) is 12.1 Å². The smallest absolute Gasteiger partial charge is 0.244 e. The monoisotopic (exact) mass is 415 g/mol. The highest BCUT2D eigenvalue weighted by molar-refractivity contribution is 6.23. The number of rotatable bonds is 5. The molecule has 3 aliphatic heterocycles. The molecular formula is C21H29N5O4. The molecule has 2 amide bonds. The molecule has 0 saturated carbocycles. The Morgan fingerprint density at radius 2 is 1.87 bits per heavy atom. The highest BCUT2D eigenvalue weighted by atomic mass is 16.3. The molecule has 1 aromatic carbocycles. The van der Waals surface area contributed by atoms with Gasteiger partial charge in [0.2, 0.25) is 11.8 Å². The minimum absolute atomic E-state index is 0.174. The van der Waals surface area contributed by atoms with Gasteiger partial charge < -0.3 is 26.0 Å². The number of aliphatic hydroxyl groups excluding tert-OH is 1. The summed E-state index contributed by atoms with van der Waals surface area (Å²) in [5.74, 6) is -3.03. The van der Waals surface area contributed by atoms with Crippen LogP contribution in [-0.4, -0.2) is 86.1 Å². The Morgan fingerprint density at radius 1 is 1.13 bits per heavy atom. The number of piperidine rings is 2. The predicted molar refractivity (Wildman–Crippen MR) is 112 cm³/mol. The zero-order valence-corrected chi connectivity index (χ0v) is 17.0. The van der Waals surface area contributed by atoms with Gasteiger partial charge in [0, 0.05) is 56.7 Å². The molecule has 30 heavy (non-hydrogen) atoms. The second-order valence-corrected chi connectivity index (χ2v) is 8.14. The number of Topliss-reactive ketones (excluding diaryl/α,β-unsaturated/α-hetero) is 1. The van der Waals surface area contributed by atoms with Crippen molar-refractivity contribution in [2.24, 2.45) is 11.8 Å². The second-order valence-electron chi connectivity index (χ2n) is 8.14. The minimum Gasteiger partial charge on any atom is -0.395 e. The molecule has 4 N–H and O–H groups in total. The topological polar surface area (TPSA) is 114 Å². The first-order chi connectivity index (χ1) is 14.6. The van der Waals surface area contributed by atoms with Crippen molar-refractivity contribution in [1.29, 1.82) is 0 Å². The summed E-state index contributed by atoms with van der Waals surface area (Å²) in [6, 6.07) is 7.28. The average Bonchev–Trinajstić information content (AvgIpc) is 2.75. The number of nitrogens with zero attached hydrogens (tertiary/aromatic N) is 2. The van der Waals surface area contributed by atoms with Crippen LogP contribution < -0.4 is 20.9 Å². The molecular weight excluding hydrogens is 386 g/mol. The molecule has 0 spiro atoms. The lowest BCUT2D eigenvalue weighted by Gasteiger charge is -2.38. The molecule has 3 unspecified atom stereocenters. The molecule has 4 rings (SSSR count). The van der Waals surface area contributed by atoms with Crippen LogP contribution in [0.5, 0.6) is 0 Å². The van der Waals surface area contributed by atoms with Gasteiger partial charge in [0.25, 0.3) is 0 Å². The molecule has 3 aliphatic rings. The molecule has 3 heterocycles. The number of anilines is 2. The summed E-state index contributed by atoms with van der Waals surface area (Å²) < 4.78 is 0. The lowest BCUT2D eigenvalue weighted by atomic mass is 9.79. The third-order valence-corrected chi connectivity index (χ3v) is 6.27. The van der Waals surface area contributed by atoms with Crippen LogP contribution in [0.1, 0.15) is 6.42 Å². The summed E-state index contributed by atoms with van der Waals surface area (Å²) >= 11 is 0. The van der Waals surface area contributed by atoms with Gasteiger partial charge in [-0.25, -0.2) is 0 Å². The molecule has 9 nitrogen and oxygen atoms in total. The van der Waals surface area contributed by atoms with Crippen LogP contribution in [0.3, 0.4) is 0 Å². The van der Waals surface area contributed by atoms with E-state index in [2.05, 4.69) is 25.8 Å². The number of carbonyl (C=O) groups is 3. The maximum absolute atomic E-state index is 12.7. The Hall–Kier alpha value is -2.49. The van der Waals surface area contributed by atoms with E-state index >= 15 is 0 Å². The van der Waals surface area contributed by atoms with E-state index in [4.69, 9.17) is 5.11 Å². The molecule has 9 heteroatoms. The van der Waals surface area contributed by atoms with Crippen molar-refractivity contribution in [3.63, 3.8) is 0 Å². The number of hydrogen-bond acceptors (Lipinski definition) is 7. The van der Waals surface area contributed by atoms with Gasteiger partial charge in [-0.1, -0.05) is 0 Å². The summed E-state index contributed by atoms with van der Waals surface area (Å²) in [5.41, 5.74) is 1.62. The van der Waals surface area contributed by atoms with Crippen LogP contribution in [0, 0.1) is 11.8 Å². The molecule has 3 atom stereocenters. The van der Waals surface area contributed by atoms with Crippen molar-refractivity contribution in [2.75, 3.05) is 62.6 Å². The summed E-state index contributed by atoms with van der Waals surface area (Å²) in [4.78, 5) is 42.3. The Labute approximate surface area is 175 Å². The largest absolute Gasteiger partial charge is 0.395 e. The van der Waals surface area contributed by atoms with E-state index < -0.39 is 17.7 Å². The second kappa shape index (κ2) is 9.11. The number of nitrogens with one attached hydrogen (secondary N) is 3. The number of aliphatic hydroxyl groups is 1. The van der Waals surface area contributed by atoms with E-state index in [1.165, 1.54) is 0 Å². The number of ketones is 1. The van der Waals surface area contributed by atoms with Crippen molar-refractivity contribution in [1.82, 2.24) is 15.5 Å². The summed E-state index contributed by atoms with van der Waals surface area (Å²) in [6.07, 6.45) is 0.701. The molecule has 3 saturated heterocycles. The Bertz CT molecular complexity index is 791. The third-order valence-electron chi connectivity index (χ3n) is 6.27. The van der Waals surface area contributed by atoms with Crippen LogP contribution in [0.2, 0.25) is 0 Å². The van der Waals surface area contributed by atoms with Crippen molar-refractivity contribution < 1.29 is 19.5 Å². The standard InChI is InChI=1S/C21H29N5O4/c27-12-11-25-7-9-26(10-8-25)15-3-1-14(2-4-15)23-20(29)18-19(28)16-13-22-6-5-17(16)24-21(18)30/h1-4,16-18,22,27H,5-13H2,(H,23,29)(H,24,30). The summed E-state index contributed by atoms with van der Waals surface area (Å²) in [6.45, 7) is 5.67.